The van der Waals surface area contributed by atoms with Gasteiger partial charge in [0.1, 0.15) is 12.1 Å². The van der Waals surface area contributed by atoms with Crippen molar-refractivity contribution in [2.75, 3.05) is 11.9 Å². The molecule has 0 bridgehead atoms. The van der Waals surface area contributed by atoms with Crippen molar-refractivity contribution in [1.29, 1.82) is 0 Å². The van der Waals surface area contributed by atoms with Crippen LogP contribution in [0.3, 0.4) is 0 Å². The van der Waals surface area contributed by atoms with Crippen LogP contribution >= 0.6 is 0 Å². The molecule has 3 nitrogen and oxygen atoms in total. The molecular formula is C12H19N3. The van der Waals surface area contributed by atoms with Gasteiger partial charge in [-0.25, -0.2) is 9.97 Å². The molecule has 1 aliphatic rings. The highest BCUT2D eigenvalue weighted by Gasteiger charge is 2.27. The van der Waals surface area contributed by atoms with Crippen molar-refractivity contribution < 1.29 is 0 Å². The highest BCUT2D eigenvalue weighted by Crippen LogP contribution is 2.36. The van der Waals surface area contributed by atoms with Crippen molar-refractivity contribution in [1.82, 2.24) is 9.97 Å². The summed E-state index contributed by atoms with van der Waals surface area (Å²) in [5.74, 6) is 2.68. The van der Waals surface area contributed by atoms with Gasteiger partial charge in [-0.1, -0.05) is 13.8 Å². The molecule has 0 spiro atoms. The first-order valence-corrected chi connectivity index (χ1v) is 5.84. The molecule has 1 N–H and O–H groups in total. The molecule has 15 heavy (non-hydrogen) atoms. The summed E-state index contributed by atoms with van der Waals surface area (Å²) in [6.07, 6.45) is 5.43. The number of rotatable bonds is 5. The van der Waals surface area contributed by atoms with Gasteiger partial charge in [0, 0.05) is 18.3 Å². The van der Waals surface area contributed by atoms with Crippen LogP contribution in [0, 0.1) is 11.8 Å². The van der Waals surface area contributed by atoms with Gasteiger partial charge >= 0.3 is 0 Å². The van der Waals surface area contributed by atoms with Gasteiger partial charge < -0.3 is 5.32 Å². The molecule has 0 saturated heterocycles. The minimum absolute atomic E-state index is 0.769. The predicted octanol–water partition coefficient (Wildman–Crippen LogP) is 2.50. The summed E-state index contributed by atoms with van der Waals surface area (Å²) < 4.78 is 0. The fraction of sp³-hybridized carbons (Fsp3) is 0.667. The van der Waals surface area contributed by atoms with Gasteiger partial charge in [-0.15, -0.1) is 0 Å². The number of nitrogens with zero attached hydrogens (tertiary/aromatic N) is 2. The smallest absolute Gasteiger partial charge is 0.129 e. The standard InChI is InChI=1S/C12H19N3/c1-3-11-6-12(15-8-14-11)13-7-9(2)10-4-5-10/h6,8-10H,3-5,7H2,1-2H3,(H,13,14,15). The van der Waals surface area contributed by atoms with E-state index in [2.05, 4.69) is 29.1 Å². The Bertz CT molecular complexity index is 320. The highest BCUT2D eigenvalue weighted by atomic mass is 15.0. The van der Waals surface area contributed by atoms with Crippen LogP contribution in [0.5, 0.6) is 0 Å². The topological polar surface area (TPSA) is 37.8 Å². The Morgan fingerprint density at radius 1 is 1.47 bits per heavy atom. The molecule has 1 unspecified atom stereocenters. The Kier molecular flexibility index (Phi) is 3.19. The lowest BCUT2D eigenvalue weighted by molar-refractivity contribution is 0.536. The fourth-order valence-corrected chi connectivity index (χ4v) is 1.79. The van der Waals surface area contributed by atoms with Crippen LogP contribution in [0.1, 0.15) is 32.4 Å². The van der Waals surface area contributed by atoms with Crippen LogP contribution in [0.15, 0.2) is 12.4 Å². The van der Waals surface area contributed by atoms with E-state index in [-0.39, 0.29) is 0 Å². The van der Waals surface area contributed by atoms with E-state index in [1.165, 1.54) is 12.8 Å². The van der Waals surface area contributed by atoms with E-state index < -0.39 is 0 Å². The van der Waals surface area contributed by atoms with Crippen molar-refractivity contribution >= 4 is 5.82 Å². The second-order valence-electron chi connectivity index (χ2n) is 4.44. The van der Waals surface area contributed by atoms with Crippen LogP contribution in [0.25, 0.3) is 0 Å². The molecule has 2 rings (SSSR count). The summed E-state index contributed by atoms with van der Waals surface area (Å²) in [4.78, 5) is 8.40. The van der Waals surface area contributed by atoms with E-state index in [0.717, 1.165) is 36.3 Å². The largest absolute Gasteiger partial charge is 0.370 e. The monoisotopic (exact) mass is 205 g/mol. The van der Waals surface area contributed by atoms with E-state index in [9.17, 15) is 0 Å². The average molecular weight is 205 g/mol. The number of nitrogens with one attached hydrogen (secondary N) is 1. The molecule has 0 radical (unpaired) electrons. The molecule has 1 aromatic heterocycles. The first-order chi connectivity index (χ1) is 7.29. The second-order valence-corrected chi connectivity index (χ2v) is 4.44. The molecule has 3 heteroatoms. The SMILES string of the molecule is CCc1cc(NCC(C)C2CC2)ncn1. The maximum absolute atomic E-state index is 4.22. The maximum atomic E-state index is 4.22. The molecular weight excluding hydrogens is 186 g/mol. The quantitative estimate of drug-likeness (QED) is 0.802. The normalized spacial score (nSPS) is 17.5. The molecule has 1 aliphatic carbocycles. The molecule has 1 fully saturated rings. The minimum atomic E-state index is 0.769. The van der Waals surface area contributed by atoms with Gasteiger partial charge in [-0.2, -0.15) is 0 Å². The molecule has 1 aromatic rings. The summed E-state index contributed by atoms with van der Waals surface area (Å²) in [5, 5.41) is 3.39. The van der Waals surface area contributed by atoms with Crippen molar-refractivity contribution in [3.63, 3.8) is 0 Å². The fourth-order valence-electron chi connectivity index (χ4n) is 1.79. The summed E-state index contributed by atoms with van der Waals surface area (Å²) in [5.41, 5.74) is 1.10. The van der Waals surface area contributed by atoms with Gasteiger partial charge in [-0.05, 0) is 31.1 Å². The molecule has 0 amide bonds. The summed E-state index contributed by atoms with van der Waals surface area (Å²) in [6, 6.07) is 2.04. The van der Waals surface area contributed by atoms with Crippen molar-refractivity contribution in [2.24, 2.45) is 11.8 Å². The highest BCUT2D eigenvalue weighted by molar-refractivity contribution is 5.34. The molecule has 0 aromatic carbocycles. The summed E-state index contributed by atoms with van der Waals surface area (Å²) in [7, 11) is 0. The molecule has 1 heterocycles. The Balaban J connectivity index is 1.86. The van der Waals surface area contributed by atoms with Crippen LogP contribution in [0.4, 0.5) is 5.82 Å². The number of hydrogen-bond donors (Lipinski definition) is 1. The van der Waals surface area contributed by atoms with Gasteiger partial charge in [0.2, 0.25) is 0 Å². The van der Waals surface area contributed by atoms with Crippen LogP contribution in [0.2, 0.25) is 0 Å². The zero-order chi connectivity index (χ0) is 10.7. The van der Waals surface area contributed by atoms with E-state index in [0.29, 0.717) is 0 Å². The second kappa shape index (κ2) is 4.60. The lowest BCUT2D eigenvalue weighted by Gasteiger charge is -2.11. The third kappa shape index (κ3) is 2.91. The van der Waals surface area contributed by atoms with Crippen LogP contribution in [-0.2, 0) is 6.42 Å². The number of hydrogen-bond acceptors (Lipinski definition) is 3. The summed E-state index contributed by atoms with van der Waals surface area (Å²) in [6.45, 7) is 5.45. The van der Waals surface area contributed by atoms with Crippen molar-refractivity contribution in [3.8, 4) is 0 Å². The molecule has 1 atom stereocenters. The number of aryl methyl sites for hydroxylation is 1. The number of anilines is 1. The first kappa shape index (κ1) is 10.4. The third-order valence-electron chi connectivity index (χ3n) is 3.12. The van der Waals surface area contributed by atoms with Crippen LogP contribution in [-0.4, -0.2) is 16.5 Å². The zero-order valence-electron chi connectivity index (χ0n) is 9.53. The molecule has 0 aliphatic heterocycles. The first-order valence-electron chi connectivity index (χ1n) is 5.84. The Hall–Kier alpha value is -1.12. The summed E-state index contributed by atoms with van der Waals surface area (Å²) >= 11 is 0. The van der Waals surface area contributed by atoms with E-state index in [4.69, 9.17) is 0 Å². The van der Waals surface area contributed by atoms with Crippen molar-refractivity contribution in [3.05, 3.63) is 18.1 Å². The van der Waals surface area contributed by atoms with E-state index in [1.807, 2.05) is 6.07 Å². The van der Waals surface area contributed by atoms with Crippen LogP contribution < -0.4 is 5.32 Å². The predicted molar refractivity (Wildman–Crippen MR) is 61.8 cm³/mol. The zero-order valence-corrected chi connectivity index (χ0v) is 9.53. The minimum Gasteiger partial charge on any atom is -0.370 e. The van der Waals surface area contributed by atoms with Crippen molar-refractivity contribution in [2.45, 2.75) is 33.1 Å². The third-order valence-corrected chi connectivity index (χ3v) is 3.12. The number of aromatic nitrogens is 2. The van der Waals surface area contributed by atoms with Gasteiger partial charge in [0.15, 0.2) is 0 Å². The maximum Gasteiger partial charge on any atom is 0.129 e. The Morgan fingerprint density at radius 3 is 2.93 bits per heavy atom. The lowest BCUT2D eigenvalue weighted by atomic mass is 10.1. The van der Waals surface area contributed by atoms with E-state index in [1.54, 1.807) is 6.33 Å². The molecule has 82 valence electrons. The average Bonchev–Trinajstić information content (AvgIpc) is 3.10. The van der Waals surface area contributed by atoms with Gasteiger partial charge in [0.25, 0.3) is 0 Å². The Morgan fingerprint density at radius 2 is 2.27 bits per heavy atom. The van der Waals surface area contributed by atoms with Gasteiger partial charge in [-0.3, -0.25) is 0 Å². The van der Waals surface area contributed by atoms with E-state index >= 15 is 0 Å². The lowest BCUT2D eigenvalue weighted by Crippen LogP contribution is -2.13. The Labute approximate surface area is 91.3 Å². The van der Waals surface area contributed by atoms with Gasteiger partial charge in [0.05, 0.1) is 0 Å². The molecule has 1 saturated carbocycles.